The summed E-state index contributed by atoms with van der Waals surface area (Å²) in [6.07, 6.45) is 2.56. The number of ether oxygens (including phenoxy) is 2. The summed E-state index contributed by atoms with van der Waals surface area (Å²) >= 11 is 0. The predicted molar refractivity (Wildman–Crippen MR) is 95.3 cm³/mol. The zero-order valence-electron chi connectivity index (χ0n) is 16.3. The lowest BCUT2D eigenvalue weighted by molar-refractivity contribution is -0.191. The molecule has 1 aliphatic heterocycles. The first-order valence-electron chi connectivity index (χ1n) is 9.27. The molecule has 2 fully saturated rings. The van der Waals surface area contributed by atoms with Gasteiger partial charge in [0.25, 0.3) is 0 Å². The minimum atomic E-state index is -1.83. The molecule has 3 aliphatic rings. The van der Waals surface area contributed by atoms with E-state index in [-0.39, 0.29) is 6.42 Å². The van der Waals surface area contributed by atoms with Gasteiger partial charge in [-0.2, -0.15) is 0 Å². The Morgan fingerprint density at radius 3 is 2.52 bits per heavy atom. The van der Waals surface area contributed by atoms with E-state index in [1.54, 1.807) is 26.8 Å². The monoisotopic (exact) mass is 380 g/mol. The fraction of sp³-hybridized carbons (Fsp3) is 0.700. The van der Waals surface area contributed by atoms with Gasteiger partial charge in [-0.05, 0) is 27.7 Å². The summed E-state index contributed by atoms with van der Waals surface area (Å²) in [6, 6.07) is 0. The Balaban J connectivity index is 2.09. The highest BCUT2D eigenvalue weighted by atomic mass is 16.6. The van der Waals surface area contributed by atoms with E-state index in [0.29, 0.717) is 5.57 Å². The maximum absolute atomic E-state index is 12.4. The van der Waals surface area contributed by atoms with Crippen LogP contribution in [0.4, 0.5) is 0 Å². The van der Waals surface area contributed by atoms with Crippen LogP contribution in [-0.4, -0.2) is 56.3 Å². The van der Waals surface area contributed by atoms with Crippen molar-refractivity contribution in [2.24, 2.45) is 17.8 Å². The van der Waals surface area contributed by atoms with Crippen molar-refractivity contribution in [1.29, 1.82) is 0 Å². The predicted octanol–water partition coefficient (Wildman–Crippen LogP) is 0.865. The van der Waals surface area contributed by atoms with E-state index in [1.165, 1.54) is 26.0 Å². The molecule has 0 aromatic rings. The Labute approximate surface area is 158 Å². The van der Waals surface area contributed by atoms with Crippen LogP contribution in [0.1, 0.15) is 41.0 Å². The normalized spacial score (nSPS) is 49.3. The molecule has 0 radical (unpaired) electrons. The highest BCUT2D eigenvalue weighted by molar-refractivity contribution is 5.87. The molecule has 7 heteroatoms. The molecular weight excluding hydrogens is 352 g/mol. The summed E-state index contributed by atoms with van der Waals surface area (Å²) in [6.45, 7) is 7.95. The van der Waals surface area contributed by atoms with Gasteiger partial charge in [0.2, 0.25) is 0 Å². The smallest absolute Gasteiger partial charge is 0.333 e. The van der Waals surface area contributed by atoms with E-state index < -0.39 is 58.7 Å². The third kappa shape index (κ3) is 2.83. The fourth-order valence-electron chi connectivity index (χ4n) is 4.79. The van der Waals surface area contributed by atoms with E-state index in [4.69, 9.17) is 9.47 Å². The molecule has 0 unspecified atom stereocenters. The minimum Gasteiger partial charge on any atom is -0.461 e. The average Bonchev–Trinajstić information content (AvgIpc) is 2.96. The molecule has 8 atom stereocenters. The molecule has 3 N–H and O–H groups in total. The van der Waals surface area contributed by atoms with E-state index in [2.05, 4.69) is 0 Å². The van der Waals surface area contributed by atoms with Crippen LogP contribution in [0.25, 0.3) is 0 Å². The molecule has 1 saturated carbocycles. The second kappa shape index (κ2) is 6.15. The minimum absolute atomic E-state index is 0.0920. The van der Waals surface area contributed by atoms with Crippen LogP contribution >= 0.6 is 0 Å². The quantitative estimate of drug-likeness (QED) is 0.370. The zero-order valence-corrected chi connectivity index (χ0v) is 16.3. The zero-order chi connectivity index (χ0) is 20.4. The lowest BCUT2D eigenvalue weighted by Gasteiger charge is -2.44. The van der Waals surface area contributed by atoms with Crippen molar-refractivity contribution in [3.8, 4) is 0 Å². The van der Waals surface area contributed by atoms with Gasteiger partial charge in [-0.3, -0.25) is 4.79 Å². The first-order chi connectivity index (χ1) is 12.4. The molecule has 7 nitrogen and oxygen atoms in total. The number of allylic oxidation sites excluding steroid dienone is 1. The van der Waals surface area contributed by atoms with Crippen LogP contribution in [0.3, 0.4) is 0 Å². The maximum Gasteiger partial charge on any atom is 0.333 e. The number of fused-ring (bicyclic) bond motifs is 3. The van der Waals surface area contributed by atoms with Gasteiger partial charge in [0.15, 0.2) is 0 Å². The number of rotatable bonds is 2. The molecule has 2 aliphatic carbocycles. The summed E-state index contributed by atoms with van der Waals surface area (Å²) in [5.74, 6) is -3.20. The van der Waals surface area contributed by atoms with Crippen LogP contribution in [-0.2, 0) is 19.1 Å². The molecule has 3 rings (SSSR count). The first kappa shape index (κ1) is 20.0. The van der Waals surface area contributed by atoms with Crippen LogP contribution in [0.15, 0.2) is 23.8 Å². The molecule has 27 heavy (non-hydrogen) atoms. The number of esters is 2. The Morgan fingerprint density at radius 2 is 1.93 bits per heavy atom. The van der Waals surface area contributed by atoms with E-state index >= 15 is 0 Å². The second-order valence-corrected chi connectivity index (χ2v) is 8.52. The van der Waals surface area contributed by atoms with E-state index in [0.717, 1.165) is 0 Å². The summed E-state index contributed by atoms with van der Waals surface area (Å²) in [5, 5.41) is 33.3. The van der Waals surface area contributed by atoms with Crippen molar-refractivity contribution in [3.05, 3.63) is 23.8 Å². The van der Waals surface area contributed by atoms with E-state index in [9.17, 15) is 24.9 Å². The topological polar surface area (TPSA) is 113 Å². The summed E-state index contributed by atoms with van der Waals surface area (Å²) < 4.78 is 11.2. The molecule has 0 spiro atoms. The van der Waals surface area contributed by atoms with Crippen molar-refractivity contribution >= 4 is 11.9 Å². The van der Waals surface area contributed by atoms with Crippen LogP contribution in [0.2, 0.25) is 0 Å². The van der Waals surface area contributed by atoms with Gasteiger partial charge in [-0.25, -0.2) is 4.79 Å². The van der Waals surface area contributed by atoms with Gasteiger partial charge >= 0.3 is 11.9 Å². The highest BCUT2D eigenvalue weighted by Crippen LogP contribution is 2.55. The lowest BCUT2D eigenvalue weighted by Crippen LogP contribution is -2.60. The largest absolute Gasteiger partial charge is 0.461 e. The Bertz CT molecular complexity index is 720. The Hall–Kier alpha value is -1.70. The maximum atomic E-state index is 12.4. The molecule has 0 aromatic carbocycles. The molecule has 1 saturated heterocycles. The van der Waals surface area contributed by atoms with Gasteiger partial charge in [0.1, 0.15) is 17.8 Å². The molecule has 150 valence electrons. The lowest BCUT2D eigenvalue weighted by atomic mass is 9.70. The molecule has 0 amide bonds. The Kier molecular flexibility index (Phi) is 4.57. The van der Waals surface area contributed by atoms with Crippen molar-refractivity contribution < 1.29 is 34.4 Å². The molecule has 0 aromatic heterocycles. The van der Waals surface area contributed by atoms with Gasteiger partial charge in [-0.1, -0.05) is 25.2 Å². The number of hydrogen-bond acceptors (Lipinski definition) is 7. The van der Waals surface area contributed by atoms with Crippen LogP contribution in [0, 0.1) is 17.8 Å². The van der Waals surface area contributed by atoms with Gasteiger partial charge < -0.3 is 24.8 Å². The van der Waals surface area contributed by atoms with Crippen LogP contribution in [0.5, 0.6) is 0 Å². The summed E-state index contributed by atoms with van der Waals surface area (Å²) in [4.78, 5) is 24.7. The Morgan fingerprint density at radius 1 is 1.30 bits per heavy atom. The molecule has 1 heterocycles. The van der Waals surface area contributed by atoms with Crippen molar-refractivity contribution in [2.45, 2.75) is 70.1 Å². The van der Waals surface area contributed by atoms with Crippen LogP contribution < -0.4 is 0 Å². The second-order valence-electron chi connectivity index (χ2n) is 8.52. The summed E-state index contributed by atoms with van der Waals surface area (Å²) in [7, 11) is 0. The third-order valence-corrected chi connectivity index (χ3v) is 6.59. The first-order valence-corrected chi connectivity index (χ1v) is 9.27. The molecular formula is C20H28O7. The fourth-order valence-corrected chi connectivity index (χ4v) is 4.79. The molecule has 0 bridgehead atoms. The summed E-state index contributed by atoms with van der Waals surface area (Å²) in [5.41, 5.74) is -4.64. The number of aliphatic hydroxyl groups is 3. The SMILES string of the molecule is C/C=C(/C)C(=O)O[C@H]1C[C@@](C)(O)[C@]2(O)C=C[C@@](C)(O)[C@@H]2[C@H]2OC(=O)[C@@H](C)[C@@H]21. The third-order valence-electron chi connectivity index (χ3n) is 6.59. The number of carbonyl (C=O) groups is 2. The standard InChI is InChI=1S/C20H28O7/c1-6-10(2)16(21)26-12-9-19(5,24)20(25)8-7-18(4,23)15(20)14-13(12)11(3)17(22)27-14/h6-8,11-15,23-25H,9H2,1-5H3/b10-6-/t11-,12-,13+,14-,15-,18+,19+,20-/m0/s1. The average molecular weight is 380 g/mol. The van der Waals surface area contributed by atoms with Gasteiger partial charge in [0, 0.05) is 17.9 Å². The van der Waals surface area contributed by atoms with Crippen molar-refractivity contribution in [2.75, 3.05) is 0 Å². The van der Waals surface area contributed by atoms with Gasteiger partial charge in [-0.15, -0.1) is 0 Å². The number of hydrogen-bond donors (Lipinski definition) is 3. The number of carbonyl (C=O) groups excluding carboxylic acids is 2. The van der Waals surface area contributed by atoms with Crippen molar-refractivity contribution in [3.63, 3.8) is 0 Å². The highest BCUT2D eigenvalue weighted by Gasteiger charge is 2.69. The van der Waals surface area contributed by atoms with E-state index in [1.807, 2.05) is 0 Å². The van der Waals surface area contributed by atoms with Crippen molar-refractivity contribution in [1.82, 2.24) is 0 Å². The van der Waals surface area contributed by atoms with Gasteiger partial charge in [0.05, 0.1) is 23.0 Å².